The van der Waals surface area contributed by atoms with Crippen LogP contribution in [0.15, 0.2) is 47.5 Å². The van der Waals surface area contributed by atoms with Crippen molar-refractivity contribution in [1.82, 2.24) is 9.29 Å². The van der Waals surface area contributed by atoms with Crippen molar-refractivity contribution in [3.05, 3.63) is 48.3 Å². The van der Waals surface area contributed by atoms with E-state index >= 15 is 0 Å². The van der Waals surface area contributed by atoms with Crippen molar-refractivity contribution in [3.8, 4) is 0 Å². The standard InChI is InChI=1S/C14H14F3N3O3S/c1-20-8-2-3-12(20)13(21)19-10-4-6-11(7-5-10)24(22,23)18-9-14(15,16)17/h2-8,18H,9H2,1H3,(H,19,21). The van der Waals surface area contributed by atoms with Crippen LogP contribution >= 0.6 is 0 Å². The van der Waals surface area contributed by atoms with E-state index in [0.29, 0.717) is 11.4 Å². The fraction of sp³-hybridized carbons (Fsp3) is 0.214. The Morgan fingerprint density at radius 1 is 1.17 bits per heavy atom. The number of alkyl halides is 3. The highest BCUT2D eigenvalue weighted by Crippen LogP contribution is 2.17. The number of hydrogen-bond donors (Lipinski definition) is 2. The SMILES string of the molecule is Cn1cccc1C(=O)Nc1ccc(S(=O)(=O)NCC(F)(F)F)cc1. The molecule has 0 bridgehead atoms. The van der Waals surface area contributed by atoms with E-state index in [4.69, 9.17) is 0 Å². The Morgan fingerprint density at radius 2 is 1.79 bits per heavy atom. The number of nitrogens with one attached hydrogen (secondary N) is 2. The number of amides is 1. The average molecular weight is 361 g/mol. The van der Waals surface area contributed by atoms with Gasteiger partial charge in [-0.15, -0.1) is 0 Å². The lowest BCUT2D eigenvalue weighted by atomic mass is 10.3. The lowest BCUT2D eigenvalue weighted by Gasteiger charge is -2.10. The monoisotopic (exact) mass is 361 g/mol. The van der Waals surface area contributed by atoms with Gasteiger partial charge in [0.15, 0.2) is 0 Å². The largest absolute Gasteiger partial charge is 0.402 e. The summed E-state index contributed by atoms with van der Waals surface area (Å²) in [5, 5.41) is 2.57. The molecule has 0 unspecified atom stereocenters. The zero-order chi connectivity index (χ0) is 18.0. The third-order valence-corrected chi connectivity index (χ3v) is 4.48. The van der Waals surface area contributed by atoms with E-state index in [2.05, 4.69) is 5.32 Å². The van der Waals surface area contributed by atoms with Gasteiger partial charge in [-0.3, -0.25) is 4.79 Å². The van der Waals surface area contributed by atoms with Gasteiger partial charge in [-0.1, -0.05) is 0 Å². The van der Waals surface area contributed by atoms with Crippen LogP contribution in [0.4, 0.5) is 18.9 Å². The third kappa shape index (κ3) is 4.59. The number of hydrogen-bond acceptors (Lipinski definition) is 3. The summed E-state index contributed by atoms with van der Waals surface area (Å²) in [6, 6.07) is 8.11. The van der Waals surface area contributed by atoms with Crippen LogP contribution in [0.5, 0.6) is 0 Å². The Kier molecular flexibility index (Phi) is 4.99. The summed E-state index contributed by atoms with van der Waals surface area (Å²) in [6.45, 7) is -1.65. The fourth-order valence-corrected chi connectivity index (χ4v) is 2.88. The van der Waals surface area contributed by atoms with Crippen molar-refractivity contribution in [3.63, 3.8) is 0 Å². The average Bonchev–Trinajstić information content (AvgIpc) is 2.91. The van der Waals surface area contributed by atoms with Gasteiger partial charge in [-0.2, -0.15) is 13.2 Å². The van der Waals surface area contributed by atoms with Crippen LogP contribution in [0.25, 0.3) is 0 Å². The van der Waals surface area contributed by atoms with Crippen LogP contribution in [-0.4, -0.2) is 31.6 Å². The van der Waals surface area contributed by atoms with E-state index in [1.165, 1.54) is 16.9 Å². The Morgan fingerprint density at radius 3 is 2.29 bits per heavy atom. The summed E-state index contributed by atoms with van der Waals surface area (Å²) >= 11 is 0. The molecule has 10 heteroatoms. The second-order valence-corrected chi connectivity index (χ2v) is 6.69. The highest BCUT2D eigenvalue weighted by Gasteiger charge is 2.30. The summed E-state index contributed by atoms with van der Waals surface area (Å²) in [6.07, 6.45) is -2.95. The van der Waals surface area contributed by atoms with E-state index in [9.17, 15) is 26.4 Å². The number of sulfonamides is 1. The molecule has 0 aliphatic heterocycles. The molecule has 130 valence electrons. The van der Waals surface area contributed by atoms with Gasteiger partial charge in [0.05, 0.1) is 4.90 Å². The molecule has 2 aromatic rings. The molecule has 0 atom stereocenters. The van der Waals surface area contributed by atoms with Crippen LogP contribution in [0.3, 0.4) is 0 Å². The van der Waals surface area contributed by atoms with Crippen molar-refractivity contribution < 1.29 is 26.4 Å². The Hall–Kier alpha value is -2.33. The molecule has 0 saturated carbocycles. The highest BCUT2D eigenvalue weighted by molar-refractivity contribution is 7.89. The van der Waals surface area contributed by atoms with Crippen LogP contribution < -0.4 is 10.0 Å². The first-order chi connectivity index (χ1) is 11.1. The van der Waals surface area contributed by atoms with Gasteiger partial charge < -0.3 is 9.88 Å². The third-order valence-electron chi connectivity index (χ3n) is 3.06. The van der Waals surface area contributed by atoms with Gasteiger partial charge in [0.2, 0.25) is 10.0 Å². The maximum absolute atomic E-state index is 12.1. The highest BCUT2D eigenvalue weighted by atomic mass is 32.2. The van der Waals surface area contributed by atoms with E-state index in [1.807, 2.05) is 0 Å². The van der Waals surface area contributed by atoms with Crippen molar-refractivity contribution >= 4 is 21.6 Å². The number of carbonyl (C=O) groups is 1. The van der Waals surface area contributed by atoms with Gasteiger partial charge in [-0.05, 0) is 36.4 Å². The van der Waals surface area contributed by atoms with Gasteiger partial charge >= 0.3 is 6.18 Å². The predicted molar refractivity (Wildman–Crippen MR) is 81.1 cm³/mol. The molecule has 0 saturated heterocycles. The molecule has 0 radical (unpaired) electrons. The van der Waals surface area contributed by atoms with Crippen LogP contribution in [0, 0.1) is 0 Å². The number of rotatable bonds is 5. The molecule has 6 nitrogen and oxygen atoms in total. The van der Waals surface area contributed by atoms with Crippen molar-refractivity contribution in [2.24, 2.45) is 7.05 Å². The van der Waals surface area contributed by atoms with Gasteiger partial charge in [0.1, 0.15) is 12.2 Å². The minimum absolute atomic E-state index is 0.316. The summed E-state index contributed by atoms with van der Waals surface area (Å²) in [4.78, 5) is 11.7. The molecule has 0 aliphatic rings. The first kappa shape index (κ1) is 18.0. The number of benzene rings is 1. The topological polar surface area (TPSA) is 80.2 Å². The molecule has 2 N–H and O–H groups in total. The molecule has 0 aliphatic carbocycles. The molecular weight excluding hydrogens is 347 g/mol. The molecular formula is C14H14F3N3O3S. The van der Waals surface area contributed by atoms with Crippen LogP contribution in [0.2, 0.25) is 0 Å². The molecule has 1 amide bonds. The molecule has 1 aromatic carbocycles. The Balaban J connectivity index is 2.08. The number of nitrogens with zero attached hydrogens (tertiary/aromatic N) is 1. The van der Waals surface area contributed by atoms with E-state index in [1.54, 1.807) is 29.9 Å². The predicted octanol–water partition coefficient (Wildman–Crippen LogP) is 2.12. The lowest BCUT2D eigenvalue weighted by Crippen LogP contribution is -2.33. The first-order valence-corrected chi connectivity index (χ1v) is 8.16. The zero-order valence-electron chi connectivity index (χ0n) is 12.5. The summed E-state index contributed by atoms with van der Waals surface area (Å²) in [7, 11) is -2.58. The van der Waals surface area contributed by atoms with E-state index in [0.717, 1.165) is 12.1 Å². The smallest absolute Gasteiger partial charge is 0.347 e. The molecule has 1 aromatic heterocycles. The van der Waals surface area contributed by atoms with Crippen LogP contribution in [-0.2, 0) is 17.1 Å². The van der Waals surface area contributed by atoms with E-state index in [-0.39, 0.29) is 4.90 Å². The Bertz CT molecular complexity index is 827. The van der Waals surface area contributed by atoms with Gasteiger partial charge in [0, 0.05) is 18.9 Å². The quantitative estimate of drug-likeness (QED) is 0.856. The second kappa shape index (κ2) is 6.65. The second-order valence-electron chi connectivity index (χ2n) is 4.92. The first-order valence-electron chi connectivity index (χ1n) is 6.68. The summed E-state index contributed by atoms with van der Waals surface area (Å²) < 4.78 is 62.9. The zero-order valence-corrected chi connectivity index (χ0v) is 13.3. The number of carbonyl (C=O) groups excluding carboxylic acids is 1. The number of halogens is 3. The van der Waals surface area contributed by atoms with Crippen molar-refractivity contribution in [1.29, 1.82) is 0 Å². The van der Waals surface area contributed by atoms with Crippen LogP contribution in [0.1, 0.15) is 10.5 Å². The molecule has 2 rings (SSSR count). The lowest BCUT2D eigenvalue weighted by molar-refractivity contribution is -0.121. The molecule has 0 fully saturated rings. The normalized spacial score (nSPS) is 12.2. The van der Waals surface area contributed by atoms with Crippen molar-refractivity contribution in [2.75, 3.05) is 11.9 Å². The molecule has 0 spiro atoms. The Labute approximate surface area is 136 Å². The minimum atomic E-state index is -4.64. The molecule has 1 heterocycles. The van der Waals surface area contributed by atoms with Crippen molar-refractivity contribution in [2.45, 2.75) is 11.1 Å². The summed E-state index contributed by atoms with van der Waals surface area (Å²) in [5.41, 5.74) is 0.717. The minimum Gasteiger partial charge on any atom is -0.347 e. The fourth-order valence-electron chi connectivity index (χ4n) is 1.87. The number of aromatic nitrogens is 1. The maximum Gasteiger partial charge on any atom is 0.402 e. The van der Waals surface area contributed by atoms with Gasteiger partial charge in [0.25, 0.3) is 5.91 Å². The number of anilines is 1. The van der Waals surface area contributed by atoms with Gasteiger partial charge in [-0.25, -0.2) is 13.1 Å². The molecule has 24 heavy (non-hydrogen) atoms. The number of aryl methyl sites for hydroxylation is 1. The maximum atomic E-state index is 12.1. The summed E-state index contributed by atoms with van der Waals surface area (Å²) in [5.74, 6) is -0.395. The van der Waals surface area contributed by atoms with E-state index < -0.39 is 28.7 Å².